The maximum atomic E-state index is 13.5. The molecule has 0 aromatic heterocycles. The molecule has 160 valence electrons. The highest BCUT2D eigenvalue weighted by molar-refractivity contribution is 6.15. The van der Waals surface area contributed by atoms with E-state index in [4.69, 9.17) is 4.74 Å². The molecule has 1 atom stereocenters. The van der Waals surface area contributed by atoms with E-state index in [2.05, 4.69) is 0 Å². The molecule has 0 spiro atoms. The van der Waals surface area contributed by atoms with E-state index in [-0.39, 0.29) is 42.9 Å². The molecule has 0 radical (unpaired) electrons. The number of rotatable bonds is 6. The Bertz CT molecular complexity index is 1050. The van der Waals surface area contributed by atoms with Crippen molar-refractivity contribution in [2.24, 2.45) is 5.92 Å². The van der Waals surface area contributed by atoms with Crippen molar-refractivity contribution < 1.29 is 23.9 Å². The summed E-state index contributed by atoms with van der Waals surface area (Å²) in [5.74, 6) is -1.62. The number of ketones is 1. The van der Waals surface area contributed by atoms with E-state index in [1.165, 1.54) is 9.80 Å². The standard InChI is InChI=1S/C24H24N2O5/c1-16(2)14-25-22(29)18-10-6-7-11-19(18)26-21(28)12-13-24(25,26)23(30)31-15-20(27)17-8-4-3-5-9-17/h3-11,16H,12-15H2,1-2H3/t24-/m1/s1. The predicted molar refractivity (Wildman–Crippen MR) is 113 cm³/mol. The molecule has 0 aliphatic carbocycles. The Morgan fingerprint density at radius 1 is 1.03 bits per heavy atom. The number of Topliss-reactive ketones (excluding diaryl/α,β-unsaturated/α-hetero) is 1. The Labute approximate surface area is 180 Å². The number of esters is 1. The van der Waals surface area contributed by atoms with E-state index in [9.17, 15) is 19.2 Å². The fourth-order valence-electron chi connectivity index (χ4n) is 4.32. The minimum atomic E-state index is -1.58. The van der Waals surface area contributed by atoms with Gasteiger partial charge in [-0.2, -0.15) is 0 Å². The summed E-state index contributed by atoms with van der Waals surface area (Å²) in [7, 11) is 0. The topological polar surface area (TPSA) is 84.0 Å². The van der Waals surface area contributed by atoms with Gasteiger partial charge in [0.05, 0.1) is 11.3 Å². The van der Waals surface area contributed by atoms with Gasteiger partial charge in [-0.25, -0.2) is 4.79 Å². The summed E-state index contributed by atoms with van der Waals surface area (Å²) < 4.78 is 5.45. The largest absolute Gasteiger partial charge is 0.454 e. The molecule has 7 nitrogen and oxygen atoms in total. The summed E-state index contributed by atoms with van der Waals surface area (Å²) >= 11 is 0. The molecule has 2 aromatic rings. The van der Waals surface area contributed by atoms with Gasteiger partial charge < -0.3 is 9.64 Å². The zero-order chi connectivity index (χ0) is 22.2. The average molecular weight is 420 g/mol. The maximum Gasteiger partial charge on any atom is 0.354 e. The van der Waals surface area contributed by atoms with Crippen molar-refractivity contribution in [3.63, 3.8) is 0 Å². The van der Waals surface area contributed by atoms with Crippen LogP contribution in [0.4, 0.5) is 5.69 Å². The second-order valence-corrected chi connectivity index (χ2v) is 8.24. The number of para-hydroxylation sites is 1. The van der Waals surface area contributed by atoms with Crippen molar-refractivity contribution >= 4 is 29.3 Å². The molecule has 2 aromatic carbocycles. The third-order valence-corrected chi connectivity index (χ3v) is 5.68. The first-order valence-electron chi connectivity index (χ1n) is 10.4. The van der Waals surface area contributed by atoms with Crippen molar-refractivity contribution in [1.29, 1.82) is 0 Å². The lowest BCUT2D eigenvalue weighted by Gasteiger charge is -2.48. The van der Waals surface area contributed by atoms with Gasteiger partial charge in [0.1, 0.15) is 0 Å². The molecule has 2 amide bonds. The highest BCUT2D eigenvalue weighted by Gasteiger charge is 2.62. The van der Waals surface area contributed by atoms with Crippen LogP contribution < -0.4 is 4.90 Å². The molecule has 0 bridgehead atoms. The lowest BCUT2D eigenvalue weighted by Crippen LogP contribution is -2.69. The van der Waals surface area contributed by atoms with Crippen LogP contribution in [0, 0.1) is 5.92 Å². The van der Waals surface area contributed by atoms with Gasteiger partial charge in [0.25, 0.3) is 5.91 Å². The van der Waals surface area contributed by atoms with E-state index in [0.717, 1.165) is 0 Å². The van der Waals surface area contributed by atoms with Crippen LogP contribution >= 0.6 is 0 Å². The lowest BCUT2D eigenvalue weighted by molar-refractivity contribution is -0.156. The molecule has 4 rings (SSSR count). The van der Waals surface area contributed by atoms with Crippen LogP contribution in [0.25, 0.3) is 0 Å². The summed E-state index contributed by atoms with van der Waals surface area (Å²) in [6.45, 7) is 3.69. The molecule has 7 heteroatoms. The van der Waals surface area contributed by atoms with Crippen LogP contribution in [-0.4, -0.2) is 47.3 Å². The summed E-state index contributed by atoms with van der Waals surface area (Å²) in [5.41, 5.74) is -0.371. The summed E-state index contributed by atoms with van der Waals surface area (Å²) in [4.78, 5) is 55.0. The molecule has 0 saturated carbocycles. The van der Waals surface area contributed by atoms with Gasteiger partial charge in [0.2, 0.25) is 11.6 Å². The zero-order valence-electron chi connectivity index (χ0n) is 17.5. The van der Waals surface area contributed by atoms with E-state index in [0.29, 0.717) is 16.8 Å². The second-order valence-electron chi connectivity index (χ2n) is 8.24. The monoisotopic (exact) mass is 420 g/mol. The van der Waals surface area contributed by atoms with Gasteiger partial charge in [0.15, 0.2) is 12.4 Å². The van der Waals surface area contributed by atoms with Crippen molar-refractivity contribution in [1.82, 2.24) is 4.90 Å². The number of carbonyl (C=O) groups is 4. The number of amides is 2. The van der Waals surface area contributed by atoms with Crippen molar-refractivity contribution in [2.45, 2.75) is 32.4 Å². The first-order valence-corrected chi connectivity index (χ1v) is 10.4. The van der Waals surface area contributed by atoms with Crippen LogP contribution in [-0.2, 0) is 14.3 Å². The van der Waals surface area contributed by atoms with E-state index < -0.39 is 18.2 Å². The van der Waals surface area contributed by atoms with Gasteiger partial charge in [-0.1, -0.05) is 56.3 Å². The van der Waals surface area contributed by atoms with Gasteiger partial charge in [0, 0.05) is 24.9 Å². The summed E-state index contributed by atoms with van der Waals surface area (Å²) in [6.07, 6.45) is 0.231. The third-order valence-electron chi connectivity index (χ3n) is 5.68. The SMILES string of the molecule is CC(C)CN1C(=O)c2ccccc2N2C(=O)CC[C@@]12C(=O)OCC(=O)c1ccccc1. The Balaban J connectivity index is 1.71. The number of hydrogen-bond donors (Lipinski definition) is 0. The highest BCUT2D eigenvalue weighted by Crippen LogP contribution is 2.45. The van der Waals surface area contributed by atoms with Crippen LogP contribution in [0.3, 0.4) is 0 Å². The Morgan fingerprint density at radius 2 is 1.71 bits per heavy atom. The molecule has 0 N–H and O–H groups in total. The molecule has 2 heterocycles. The number of nitrogens with zero attached hydrogens (tertiary/aromatic N) is 2. The predicted octanol–water partition coefficient (Wildman–Crippen LogP) is 3.05. The molecule has 0 unspecified atom stereocenters. The summed E-state index contributed by atoms with van der Waals surface area (Å²) in [6, 6.07) is 15.3. The first-order chi connectivity index (χ1) is 14.9. The normalized spacial score (nSPS) is 20.0. The van der Waals surface area contributed by atoms with Gasteiger partial charge in [-0.15, -0.1) is 0 Å². The zero-order valence-corrected chi connectivity index (χ0v) is 17.5. The fourth-order valence-corrected chi connectivity index (χ4v) is 4.32. The minimum Gasteiger partial charge on any atom is -0.454 e. The van der Waals surface area contributed by atoms with Crippen LogP contribution in [0.2, 0.25) is 0 Å². The second kappa shape index (κ2) is 7.98. The Morgan fingerprint density at radius 3 is 2.42 bits per heavy atom. The number of hydrogen-bond acceptors (Lipinski definition) is 5. The average Bonchev–Trinajstić information content (AvgIpc) is 3.13. The van der Waals surface area contributed by atoms with Crippen molar-refractivity contribution in [2.75, 3.05) is 18.1 Å². The van der Waals surface area contributed by atoms with Crippen LogP contribution in [0.5, 0.6) is 0 Å². The molecule has 2 aliphatic rings. The fraction of sp³-hybridized carbons (Fsp3) is 0.333. The highest BCUT2D eigenvalue weighted by atomic mass is 16.5. The van der Waals surface area contributed by atoms with Crippen molar-refractivity contribution in [3.8, 4) is 0 Å². The van der Waals surface area contributed by atoms with Crippen LogP contribution in [0.1, 0.15) is 47.4 Å². The number of benzene rings is 2. The van der Waals surface area contributed by atoms with Crippen LogP contribution in [0.15, 0.2) is 54.6 Å². The molecule has 1 fully saturated rings. The van der Waals surface area contributed by atoms with Crippen molar-refractivity contribution in [3.05, 3.63) is 65.7 Å². The quantitative estimate of drug-likeness (QED) is 0.530. The van der Waals surface area contributed by atoms with Gasteiger partial charge in [-0.05, 0) is 18.1 Å². The van der Waals surface area contributed by atoms with Gasteiger partial charge >= 0.3 is 5.97 Å². The lowest BCUT2D eigenvalue weighted by atomic mass is 9.95. The number of fused-ring (bicyclic) bond motifs is 3. The third kappa shape index (κ3) is 3.40. The Kier molecular flexibility index (Phi) is 5.35. The first kappa shape index (κ1) is 20.8. The molecule has 2 aliphatic heterocycles. The number of anilines is 1. The van der Waals surface area contributed by atoms with E-state index in [1.807, 2.05) is 13.8 Å². The molecule has 31 heavy (non-hydrogen) atoms. The maximum absolute atomic E-state index is 13.5. The summed E-state index contributed by atoms with van der Waals surface area (Å²) in [5, 5.41) is 0. The number of ether oxygens (including phenoxy) is 1. The smallest absolute Gasteiger partial charge is 0.354 e. The van der Waals surface area contributed by atoms with E-state index >= 15 is 0 Å². The minimum absolute atomic E-state index is 0.0578. The van der Waals surface area contributed by atoms with E-state index in [1.54, 1.807) is 54.6 Å². The number of carbonyl (C=O) groups excluding carboxylic acids is 4. The molecule has 1 saturated heterocycles. The molecular weight excluding hydrogens is 396 g/mol. The Hall–Kier alpha value is -3.48. The molecular formula is C24H24N2O5. The van der Waals surface area contributed by atoms with Gasteiger partial charge in [-0.3, -0.25) is 19.3 Å².